The molecule has 0 bridgehead atoms. The molecule has 2 fully saturated rings. The molecule has 21 heavy (non-hydrogen) atoms. The van der Waals surface area contributed by atoms with Gasteiger partial charge in [0.05, 0.1) is 12.5 Å². The van der Waals surface area contributed by atoms with Gasteiger partial charge < -0.3 is 14.6 Å². The number of aliphatic hydroxyl groups excluding tert-OH is 1. The molecule has 0 spiro atoms. The Morgan fingerprint density at radius 2 is 2.05 bits per heavy atom. The van der Waals surface area contributed by atoms with Crippen molar-refractivity contribution in [2.75, 3.05) is 0 Å². The Morgan fingerprint density at radius 1 is 1.33 bits per heavy atom. The molecule has 0 aromatic heterocycles. The smallest absolute Gasteiger partial charge is 0.306 e. The predicted molar refractivity (Wildman–Crippen MR) is 74.1 cm³/mol. The van der Waals surface area contributed by atoms with Crippen LogP contribution < -0.4 is 0 Å². The van der Waals surface area contributed by atoms with Crippen LogP contribution in [-0.4, -0.2) is 35.4 Å². The molecular formula is C16H22O5. The second kappa shape index (κ2) is 5.13. The number of ether oxygens (including phenoxy) is 2. The summed E-state index contributed by atoms with van der Waals surface area (Å²) >= 11 is 0. The molecule has 0 aromatic carbocycles. The summed E-state index contributed by atoms with van der Waals surface area (Å²) in [6, 6.07) is 0. The highest BCUT2D eigenvalue weighted by atomic mass is 16.6. The number of carbonyl (C=O) groups excluding carboxylic acids is 2. The monoisotopic (exact) mass is 294 g/mol. The molecule has 2 aliphatic carbocycles. The molecule has 3 rings (SSSR count). The first-order valence-corrected chi connectivity index (χ1v) is 7.61. The molecule has 1 N–H and O–H groups in total. The van der Waals surface area contributed by atoms with E-state index in [-0.39, 0.29) is 48.0 Å². The number of esters is 2. The Labute approximate surface area is 124 Å². The maximum Gasteiger partial charge on any atom is 0.306 e. The molecular weight excluding hydrogens is 272 g/mol. The van der Waals surface area contributed by atoms with E-state index in [0.29, 0.717) is 19.3 Å². The van der Waals surface area contributed by atoms with Crippen molar-refractivity contribution < 1.29 is 24.2 Å². The largest absolute Gasteiger partial charge is 0.462 e. The summed E-state index contributed by atoms with van der Waals surface area (Å²) in [5, 5.41) is 10.2. The molecule has 5 nitrogen and oxygen atoms in total. The highest BCUT2D eigenvalue weighted by molar-refractivity contribution is 5.73. The maximum atomic E-state index is 11.8. The molecule has 1 saturated carbocycles. The SMILES string of the molecule is CC(=O)O[C@H]1CC(C)=C2C[C@H](O)[C@@H](C)[C@@H]2[C@H]2OC(=O)C[C@@H]21. The zero-order chi connectivity index (χ0) is 15.3. The first kappa shape index (κ1) is 14.6. The molecule has 116 valence electrons. The van der Waals surface area contributed by atoms with Gasteiger partial charge in [-0.3, -0.25) is 9.59 Å². The maximum absolute atomic E-state index is 11.8. The summed E-state index contributed by atoms with van der Waals surface area (Å²) in [5.74, 6) is -0.543. The van der Waals surface area contributed by atoms with E-state index in [1.54, 1.807) is 0 Å². The lowest BCUT2D eigenvalue weighted by Crippen LogP contribution is -2.37. The quantitative estimate of drug-likeness (QED) is 0.587. The highest BCUT2D eigenvalue weighted by Crippen LogP contribution is 2.50. The number of rotatable bonds is 1. The Morgan fingerprint density at radius 3 is 2.71 bits per heavy atom. The second-order valence-electron chi connectivity index (χ2n) is 6.64. The van der Waals surface area contributed by atoms with Crippen LogP contribution in [0.4, 0.5) is 0 Å². The zero-order valence-corrected chi connectivity index (χ0v) is 12.7. The minimum atomic E-state index is -0.384. The van der Waals surface area contributed by atoms with E-state index in [1.807, 2.05) is 13.8 Å². The number of hydrogen-bond acceptors (Lipinski definition) is 5. The van der Waals surface area contributed by atoms with Crippen LogP contribution in [0, 0.1) is 17.8 Å². The highest BCUT2D eigenvalue weighted by Gasteiger charge is 2.53. The lowest BCUT2D eigenvalue weighted by atomic mass is 9.82. The van der Waals surface area contributed by atoms with Crippen molar-refractivity contribution in [2.24, 2.45) is 17.8 Å². The Hall–Kier alpha value is -1.36. The summed E-state index contributed by atoms with van der Waals surface area (Å²) in [5.41, 5.74) is 2.36. The van der Waals surface area contributed by atoms with Crippen molar-refractivity contribution in [3.63, 3.8) is 0 Å². The fourth-order valence-electron chi connectivity index (χ4n) is 4.27. The average molecular weight is 294 g/mol. The summed E-state index contributed by atoms with van der Waals surface area (Å²) < 4.78 is 11.0. The van der Waals surface area contributed by atoms with Gasteiger partial charge in [-0.2, -0.15) is 0 Å². The second-order valence-corrected chi connectivity index (χ2v) is 6.64. The standard InChI is InChI=1S/C16H22O5/c1-7-4-13(20-9(3)17)11-6-14(19)21-16(11)15-8(2)12(18)5-10(7)15/h8,11-13,15-16,18H,4-6H2,1-3H3/t8-,11-,12+,13+,15+,16+/m1/s1. The van der Waals surface area contributed by atoms with Gasteiger partial charge in [0.15, 0.2) is 0 Å². The van der Waals surface area contributed by atoms with Crippen molar-refractivity contribution in [3.8, 4) is 0 Å². The fourth-order valence-corrected chi connectivity index (χ4v) is 4.27. The summed E-state index contributed by atoms with van der Waals surface area (Å²) in [7, 11) is 0. The topological polar surface area (TPSA) is 72.8 Å². The van der Waals surface area contributed by atoms with E-state index in [0.717, 1.165) is 0 Å². The van der Waals surface area contributed by atoms with Gasteiger partial charge in [-0.25, -0.2) is 0 Å². The molecule has 1 heterocycles. The first-order valence-electron chi connectivity index (χ1n) is 7.61. The minimum absolute atomic E-state index is 0.0528. The van der Waals surface area contributed by atoms with Gasteiger partial charge in [-0.15, -0.1) is 0 Å². The van der Waals surface area contributed by atoms with Crippen LogP contribution in [0.3, 0.4) is 0 Å². The van der Waals surface area contributed by atoms with Crippen LogP contribution in [0.2, 0.25) is 0 Å². The number of hydrogen-bond donors (Lipinski definition) is 1. The van der Waals surface area contributed by atoms with Crippen LogP contribution in [-0.2, 0) is 19.1 Å². The molecule has 6 atom stereocenters. The summed E-state index contributed by atoms with van der Waals surface area (Å²) in [4.78, 5) is 23.1. The van der Waals surface area contributed by atoms with Gasteiger partial charge in [0.1, 0.15) is 12.2 Å². The molecule has 1 saturated heterocycles. The number of carbonyl (C=O) groups is 2. The van der Waals surface area contributed by atoms with Gasteiger partial charge in [-0.05, 0) is 19.3 Å². The van der Waals surface area contributed by atoms with Crippen LogP contribution in [0.15, 0.2) is 11.1 Å². The normalized spacial score (nSPS) is 42.2. The Balaban J connectivity index is 1.99. The Kier molecular flexibility index (Phi) is 3.56. The molecule has 3 aliphatic rings. The van der Waals surface area contributed by atoms with E-state index >= 15 is 0 Å². The van der Waals surface area contributed by atoms with Crippen molar-refractivity contribution in [1.82, 2.24) is 0 Å². The number of aliphatic hydroxyl groups is 1. The first-order chi connectivity index (χ1) is 9.88. The van der Waals surface area contributed by atoms with Crippen LogP contribution in [0.5, 0.6) is 0 Å². The fraction of sp³-hybridized carbons (Fsp3) is 0.750. The van der Waals surface area contributed by atoms with Crippen LogP contribution >= 0.6 is 0 Å². The van der Waals surface area contributed by atoms with E-state index in [1.165, 1.54) is 18.1 Å². The Bertz CT molecular complexity index is 509. The lowest BCUT2D eigenvalue weighted by molar-refractivity contribution is -0.150. The average Bonchev–Trinajstić information content (AvgIpc) is 2.87. The third kappa shape index (κ3) is 2.37. The van der Waals surface area contributed by atoms with Gasteiger partial charge >= 0.3 is 11.9 Å². The molecule has 0 aromatic rings. The lowest BCUT2D eigenvalue weighted by Gasteiger charge is -2.29. The zero-order valence-electron chi connectivity index (χ0n) is 12.7. The van der Waals surface area contributed by atoms with Crippen LogP contribution in [0.1, 0.15) is 40.0 Å². The van der Waals surface area contributed by atoms with Gasteiger partial charge in [-0.1, -0.05) is 18.1 Å². The van der Waals surface area contributed by atoms with Gasteiger partial charge in [0.25, 0.3) is 0 Å². The molecule has 0 radical (unpaired) electrons. The van der Waals surface area contributed by atoms with Gasteiger partial charge in [0.2, 0.25) is 0 Å². The van der Waals surface area contributed by atoms with Crippen LogP contribution in [0.25, 0.3) is 0 Å². The van der Waals surface area contributed by atoms with Crippen molar-refractivity contribution in [3.05, 3.63) is 11.1 Å². The third-order valence-electron chi connectivity index (χ3n) is 5.30. The summed E-state index contributed by atoms with van der Waals surface area (Å²) in [6.45, 7) is 5.44. The van der Waals surface area contributed by atoms with Crippen molar-refractivity contribution >= 4 is 11.9 Å². The van der Waals surface area contributed by atoms with E-state index < -0.39 is 0 Å². The predicted octanol–water partition coefficient (Wildman–Crippen LogP) is 1.59. The van der Waals surface area contributed by atoms with E-state index in [2.05, 4.69) is 0 Å². The van der Waals surface area contributed by atoms with Crippen molar-refractivity contribution in [1.29, 1.82) is 0 Å². The van der Waals surface area contributed by atoms with E-state index in [9.17, 15) is 14.7 Å². The number of fused-ring (bicyclic) bond motifs is 3. The van der Waals surface area contributed by atoms with Crippen molar-refractivity contribution in [2.45, 2.75) is 58.3 Å². The van der Waals surface area contributed by atoms with Gasteiger partial charge in [0, 0.05) is 25.2 Å². The molecule has 0 unspecified atom stereocenters. The van der Waals surface area contributed by atoms with E-state index in [4.69, 9.17) is 9.47 Å². The third-order valence-corrected chi connectivity index (χ3v) is 5.30. The molecule has 5 heteroatoms. The summed E-state index contributed by atoms with van der Waals surface area (Å²) in [6.07, 6.45) is 0.587. The molecule has 1 aliphatic heterocycles. The minimum Gasteiger partial charge on any atom is -0.462 e. The molecule has 0 amide bonds.